The van der Waals surface area contributed by atoms with E-state index < -0.39 is 5.97 Å². The Hall–Kier alpha value is -0.770. The van der Waals surface area contributed by atoms with Crippen LogP contribution in [0.3, 0.4) is 0 Å². The van der Waals surface area contributed by atoms with Gasteiger partial charge >= 0.3 is 5.97 Å². The second-order valence-corrected chi connectivity index (χ2v) is 4.67. The minimum Gasteiger partial charge on any atom is -0.481 e. The second kappa shape index (κ2) is 6.24. The Morgan fingerprint density at radius 1 is 1.06 bits per heavy atom. The van der Waals surface area contributed by atoms with E-state index in [4.69, 9.17) is 39.9 Å². The summed E-state index contributed by atoms with van der Waals surface area (Å²) in [6.45, 7) is 0. The number of aliphatic carboxylic acids is 1. The van der Waals surface area contributed by atoms with E-state index in [0.717, 1.165) is 0 Å². The van der Waals surface area contributed by atoms with Gasteiger partial charge < -0.3 is 5.11 Å². The van der Waals surface area contributed by atoms with Crippen LogP contribution < -0.4 is 0 Å². The molecule has 17 heavy (non-hydrogen) atoms. The first kappa shape index (κ1) is 14.3. The first-order valence-corrected chi connectivity index (χ1v) is 5.94. The lowest BCUT2D eigenvalue weighted by atomic mass is 10.1. The van der Waals surface area contributed by atoms with E-state index >= 15 is 0 Å². The molecule has 0 aliphatic carbocycles. The Labute approximate surface area is 113 Å². The highest BCUT2D eigenvalue weighted by Crippen LogP contribution is 2.30. The van der Waals surface area contributed by atoms with Crippen LogP contribution in [-0.4, -0.2) is 16.9 Å². The van der Waals surface area contributed by atoms with Crippen molar-refractivity contribution in [2.45, 2.75) is 19.3 Å². The van der Waals surface area contributed by atoms with Crippen molar-refractivity contribution in [1.82, 2.24) is 0 Å². The number of halogens is 3. The molecule has 1 N–H and O–H groups in total. The molecule has 0 heterocycles. The number of benzene rings is 1. The zero-order valence-electron chi connectivity index (χ0n) is 8.67. The minimum absolute atomic E-state index is 0.0609. The summed E-state index contributed by atoms with van der Waals surface area (Å²) in [7, 11) is 0. The molecule has 0 amide bonds. The number of carboxylic acids is 1. The zero-order chi connectivity index (χ0) is 13.0. The van der Waals surface area contributed by atoms with Gasteiger partial charge in [-0.2, -0.15) is 0 Å². The summed E-state index contributed by atoms with van der Waals surface area (Å²) in [5.74, 6) is -1.22. The van der Waals surface area contributed by atoms with E-state index in [-0.39, 0.29) is 40.7 Å². The number of Topliss-reactive ketones (excluding diaryl/α,β-unsaturated/α-hetero) is 1. The van der Waals surface area contributed by atoms with Gasteiger partial charge in [0, 0.05) is 17.9 Å². The monoisotopic (exact) mass is 294 g/mol. The molecule has 0 aromatic heterocycles. The summed E-state index contributed by atoms with van der Waals surface area (Å²) in [4.78, 5) is 22.1. The van der Waals surface area contributed by atoms with Crippen molar-refractivity contribution in [2.24, 2.45) is 0 Å². The fourth-order valence-electron chi connectivity index (χ4n) is 1.33. The van der Waals surface area contributed by atoms with Crippen molar-refractivity contribution >= 4 is 46.6 Å². The van der Waals surface area contributed by atoms with Crippen LogP contribution in [0, 0.1) is 0 Å². The molecule has 0 aliphatic rings. The lowest BCUT2D eigenvalue weighted by Gasteiger charge is -2.06. The van der Waals surface area contributed by atoms with Gasteiger partial charge in [0.05, 0.1) is 15.6 Å². The lowest BCUT2D eigenvalue weighted by Crippen LogP contribution is -2.03. The van der Waals surface area contributed by atoms with Gasteiger partial charge in [0.2, 0.25) is 0 Å². The van der Waals surface area contributed by atoms with Crippen LogP contribution in [0.1, 0.15) is 29.6 Å². The standard InChI is InChI=1S/C11H9Cl3O3/c12-6-4-7(13)11(8(14)5-6)9(15)2-1-3-10(16)17/h4-5H,1-3H2,(H,16,17). The van der Waals surface area contributed by atoms with Crippen LogP contribution >= 0.6 is 34.8 Å². The summed E-state index contributed by atoms with van der Waals surface area (Å²) >= 11 is 17.4. The topological polar surface area (TPSA) is 54.4 Å². The van der Waals surface area contributed by atoms with Gasteiger partial charge in [0.1, 0.15) is 0 Å². The fraction of sp³-hybridized carbons (Fsp3) is 0.273. The first-order valence-electron chi connectivity index (χ1n) is 4.81. The Morgan fingerprint density at radius 2 is 1.59 bits per heavy atom. The Kier molecular flexibility index (Phi) is 5.25. The summed E-state index contributed by atoms with van der Waals surface area (Å²) < 4.78 is 0. The molecule has 6 heteroatoms. The molecule has 1 aromatic carbocycles. The smallest absolute Gasteiger partial charge is 0.303 e. The summed E-state index contributed by atoms with van der Waals surface area (Å²) in [6, 6.07) is 2.86. The molecule has 0 saturated carbocycles. The molecule has 0 aliphatic heterocycles. The predicted octanol–water partition coefficient (Wildman–Crippen LogP) is 4.08. The average Bonchev–Trinajstić information content (AvgIpc) is 2.14. The van der Waals surface area contributed by atoms with Crippen molar-refractivity contribution in [3.05, 3.63) is 32.8 Å². The maximum Gasteiger partial charge on any atom is 0.303 e. The minimum atomic E-state index is -0.939. The van der Waals surface area contributed by atoms with Crippen LogP contribution in [0.5, 0.6) is 0 Å². The molecule has 0 saturated heterocycles. The summed E-state index contributed by atoms with van der Waals surface area (Å²) in [5, 5.41) is 9.18. The number of rotatable bonds is 5. The fourth-order valence-corrected chi connectivity index (χ4v) is 2.36. The van der Waals surface area contributed by atoms with Gasteiger partial charge in [-0.25, -0.2) is 0 Å². The van der Waals surface area contributed by atoms with Gasteiger partial charge in [-0.3, -0.25) is 9.59 Å². The first-order chi connectivity index (χ1) is 7.91. The SMILES string of the molecule is O=C(O)CCCC(=O)c1c(Cl)cc(Cl)cc1Cl. The number of hydrogen-bond donors (Lipinski definition) is 1. The quantitative estimate of drug-likeness (QED) is 0.833. The van der Waals surface area contributed by atoms with E-state index in [0.29, 0.717) is 5.02 Å². The molecule has 0 fully saturated rings. The van der Waals surface area contributed by atoms with Crippen LogP contribution in [0.2, 0.25) is 15.1 Å². The number of ketones is 1. The van der Waals surface area contributed by atoms with Gasteiger partial charge in [0.25, 0.3) is 0 Å². The van der Waals surface area contributed by atoms with E-state index in [1.165, 1.54) is 12.1 Å². The molecule has 1 aromatic rings. The third-order valence-corrected chi connectivity index (χ3v) is 2.89. The number of hydrogen-bond acceptors (Lipinski definition) is 2. The highest BCUT2D eigenvalue weighted by Gasteiger charge is 2.15. The number of carbonyl (C=O) groups excluding carboxylic acids is 1. The van der Waals surface area contributed by atoms with Gasteiger partial charge in [0.15, 0.2) is 5.78 Å². The Morgan fingerprint density at radius 3 is 2.06 bits per heavy atom. The molecule has 0 spiro atoms. The molecule has 3 nitrogen and oxygen atoms in total. The van der Waals surface area contributed by atoms with Crippen molar-refractivity contribution in [3.8, 4) is 0 Å². The van der Waals surface area contributed by atoms with Crippen LogP contribution in [0.15, 0.2) is 12.1 Å². The van der Waals surface area contributed by atoms with Crippen molar-refractivity contribution in [1.29, 1.82) is 0 Å². The second-order valence-electron chi connectivity index (χ2n) is 3.41. The molecule has 0 radical (unpaired) electrons. The normalized spacial score (nSPS) is 10.3. The molecule has 1 rings (SSSR count). The molecular formula is C11H9Cl3O3. The van der Waals surface area contributed by atoms with Gasteiger partial charge in [-0.05, 0) is 18.6 Å². The number of carbonyl (C=O) groups is 2. The highest BCUT2D eigenvalue weighted by atomic mass is 35.5. The molecular weight excluding hydrogens is 286 g/mol. The average molecular weight is 296 g/mol. The van der Waals surface area contributed by atoms with E-state index in [1.54, 1.807) is 0 Å². The van der Waals surface area contributed by atoms with E-state index in [9.17, 15) is 9.59 Å². The zero-order valence-corrected chi connectivity index (χ0v) is 10.9. The maximum absolute atomic E-state index is 11.8. The van der Waals surface area contributed by atoms with Gasteiger partial charge in [-0.1, -0.05) is 34.8 Å². The van der Waals surface area contributed by atoms with Crippen molar-refractivity contribution in [3.63, 3.8) is 0 Å². The lowest BCUT2D eigenvalue weighted by molar-refractivity contribution is -0.137. The third kappa shape index (κ3) is 4.19. The highest BCUT2D eigenvalue weighted by molar-refractivity contribution is 6.42. The van der Waals surface area contributed by atoms with Gasteiger partial charge in [-0.15, -0.1) is 0 Å². The Bertz CT molecular complexity index is 434. The largest absolute Gasteiger partial charge is 0.481 e. The van der Waals surface area contributed by atoms with Crippen LogP contribution in [0.4, 0.5) is 0 Å². The van der Waals surface area contributed by atoms with E-state index in [2.05, 4.69) is 0 Å². The van der Waals surface area contributed by atoms with Crippen molar-refractivity contribution < 1.29 is 14.7 Å². The molecule has 92 valence electrons. The number of carboxylic acid groups (broad SMARTS) is 1. The molecule has 0 atom stereocenters. The maximum atomic E-state index is 11.8. The van der Waals surface area contributed by atoms with Crippen LogP contribution in [0.25, 0.3) is 0 Å². The van der Waals surface area contributed by atoms with E-state index in [1.807, 2.05) is 0 Å². The Balaban J connectivity index is 2.79. The van der Waals surface area contributed by atoms with Crippen LogP contribution in [-0.2, 0) is 4.79 Å². The predicted molar refractivity (Wildman–Crippen MR) is 67.3 cm³/mol. The third-order valence-electron chi connectivity index (χ3n) is 2.08. The molecule has 0 bridgehead atoms. The summed E-state index contributed by atoms with van der Waals surface area (Å²) in [6.07, 6.45) is 0.283. The molecule has 0 unspecified atom stereocenters. The summed E-state index contributed by atoms with van der Waals surface area (Å²) in [5.41, 5.74) is 0.197. The van der Waals surface area contributed by atoms with Crippen molar-refractivity contribution in [2.75, 3.05) is 0 Å².